The maximum Gasteiger partial charge on any atom is 0.137 e. The standard InChI is InChI=1S/C7H14N2O2S2/c1-9-7(3-11)5-13-12-4-6(8)2-10/h2-3,6-7,9H,4-5,8H2,1H3. The number of hydrogen-bond acceptors (Lipinski definition) is 6. The van der Waals surface area contributed by atoms with Gasteiger partial charge in [-0.3, -0.25) is 0 Å². The molecule has 0 amide bonds. The number of nitrogens with two attached hydrogens (primary N) is 1. The van der Waals surface area contributed by atoms with Crippen molar-refractivity contribution < 1.29 is 9.59 Å². The molecule has 6 heteroatoms. The van der Waals surface area contributed by atoms with Gasteiger partial charge in [-0.05, 0) is 7.05 Å². The van der Waals surface area contributed by atoms with Crippen LogP contribution in [-0.4, -0.2) is 43.2 Å². The molecule has 0 aromatic heterocycles. The van der Waals surface area contributed by atoms with Gasteiger partial charge in [-0.15, -0.1) is 0 Å². The minimum atomic E-state index is -0.401. The molecule has 2 unspecified atom stereocenters. The van der Waals surface area contributed by atoms with Gasteiger partial charge in [0.25, 0.3) is 0 Å². The molecule has 2 atom stereocenters. The third-order valence-electron chi connectivity index (χ3n) is 1.30. The second-order valence-electron chi connectivity index (χ2n) is 2.40. The van der Waals surface area contributed by atoms with E-state index in [1.807, 2.05) is 0 Å². The summed E-state index contributed by atoms with van der Waals surface area (Å²) in [5.74, 6) is 1.28. The zero-order chi connectivity index (χ0) is 10.1. The van der Waals surface area contributed by atoms with Crippen LogP contribution >= 0.6 is 21.6 Å². The van der Waals surface area contributed by atoms with Crippen LogP contribution in [0.3, 0.4) is 0 Å². The Kier molecular flexibility index (Phi) is 8.53. The molecule has 3 N–H and O–H groups in total. The van der Waals surface area contributed by atoms with E-state index in [0.29, 0.717) is 11.5 Å². The molecule has 0 aliphatic rings. The lowest BCUT2D eigenvalue weighted by Gasteiger charge is -2.07. The van der Waals surface area contributed by atoms with E-state index in [9.17, 15) is 9.59 Å². The molecule has 0 saturated carbocycles. The van der Waals surface area contributed by atoms with Crippen molar-refractivity contribution >= 4 is 34.2 Å². The molecule has 0 fully saturated rings. The van der Waals surface area contributed by atoms with Gasteiger partial charge in [-0.1, -0.05) is 21.6 Å². The van der Waals surface area contributed by atoms with Gasteiger partial charge in [0.2, 0.25) is 0 Å². The van der Waals surface area contributed by atoms with E-state index in [4.69, 9.17) is 5.73 Å². The highest BCUT2D eigenvalue weighted by Crippen LogP contribution is 2.21. The van der Waals surface area contributed by atoms with Crippen LogP contribution in [0.2, 0.25) is 0 Å². The van der Waals surface area contributed by atoms with Crippen LogP contribution in [0.25, 0.3) is 0 Å². The molecule has 0 aliphatic carbocycles. The molecule has 0 saturated heterocycles. The van der Waals surface area contributed by atoms with E-state index in [-0.39, 0.29) is 6.04 Å². The van der Waals surface area contributed by atoms with E-state index >= 15 is 0 Å². The third-order valence-corrected chi connectivity index (χ3v) is 3.80. The Labute approximate surface area is 85.8 Å². The fourth-order valence-corrected chi connectivity index (χ4v) is 2.79. The van der Waals surface area contributed by atoms with Crippen LogP contribution in [0, 0.1) is 0 Å². The highest BCUT2D eigenvalue weighted by Gasteiger charge is 2.05. The Morgan fingerprint density at radius 3 is 2.38 bits per heavy atom. The minimum Gasteiger partial charge on any atom is -0.321 e. The summed E-state index contributed by atoms with van der Waals surface area (Å²) in [6.45, 7) is 0. The first-order valence-corrected chi connectivity index (χ1v) is 6.31. The highest BCUT2D eigenvalue weighted by molar-refractivity contribution is 8.76. The van der Waals surface area contributed by atoms with Gasteiger partial charge in [0.15, 0.2) is 0 Å². The maximum absolute atomic E-state index is 10.4. The molecule has 4 nitrogen and oxygen atoms in total. The van der Waals surface area contributed by atoms with E-state index in [0.717, 1.165) is 12.6 Å². The number of aldehydes is 2. The van der Waals surface area contributed by atoms with Crippen molar-refractivity contribution in [3.05, 3.63) is 0 Å². The first kappa shape index (κ1) is 13.0. The third kappa shape index (κ3) is 7.06. The summed E-state index contributed by atoms with van der Waals surface area (Å²) >= 11 is 0. The lowest BCUT2D eigenvalue weighted by molar-refractivity contribution is -0.109. The maximum atomic E-state index is 10.4. The van der Waals surface area contributed by atoms with Crippen LogP contribution < -0.4 is 11.1 Å². The van der Waals surface area contributed by atoms with Crippen molar-refractivity contribution in [3.8, 4) is 0 Å². The number of rotatable bonds is 8. The number of likely N-dealkylation sites (N-methyl/N-ethyl adjacent to an activating group) is 1. The summed E-state index contributed by atoms with van der Waals surface area (Å²) in [7, 11) is 4.78. The fraction of sp³-hybridized carbons (Fsp3) is 0.714. The average Bonchev–Trinajstić information content (AvgIpc) is 2.18. The van der Waals surface area contributed by atoms with Gasteiger partial charge in [0.1, 0.15) is 12.6 Å². The summed E-state index contributed by atoms with van der Waals surface area (Å²) in [6.07, 6.45) is 1.59. The van der Waals surface area contributed by atoms with E-state index in [2.05, 4.69) is 5.32 Å². The minimum absolute atomic E-state index is 0.120. The van der Waals surface area contributed by atoms with Crippen LogP contribution in [0.1, 0.15) is 0 Å². The van der Waals surface area contributed by atoms with E-state index in [1.54, 1.807) is 7.05 Å². The van der Waals surface area contributed by atoms with Gasteiger partial charge in [0.05, 0.1) is 12.1 Å². The quantitative estimate of drug-likeness (QED) is 0.333. The Morgan fingerprint density at radius 1 is 1.31 bits per heavy atom. The van der Waals surface area contributed by atoms with Crippen LogP contribution in [-0.2, 0) is 9.59 Å². The predicted octanol–water partition coefficient (Wildman–Crippen LogP) is -0.319. The van der Waals surface area contributed by atoms with Crippen LogP contribution in [0.15, 0.2) is 0 Å². The molecule has 0 aromatic carbocycles. The first-order valence-electron chi connectivity index (χ1n) is 3.82. The number of carbonyl (C=O) groups excluding carboxylic acids is 2. The largest absolute Gasteiger partial charge is 0.321 e. The predicted molar refractivity (Wildman–Crippen MR) is 57.9 cm³/mol. The molecule has 0 bridgehead atoms. The Bertz CT molecular complexity index is 157. The zero-order valence-corrected chi connectivity index (χ0v) is 9.07. The van der Waals surface area contributed by atoms with Gasteiger partial charge in [-0.25, -0.2) is 0 Å². The van der Waals surface area contributed by atoms with Crippen molar-refractivity contribution in [3.63, 3.8) is 0 Å². The molecule has 0 spiro atoms. The van der Waals surface area contributed by atoms with Gasteiger partial charge >= 0.3 is 0 Å². The first-order chi connectivity index (χ1) is 6.24. The Balaban J connectivity index is 3.33. The Morgan fingerprint density at radius 2 is 1.92 bits per heavy atom. The second kappa shape index (κ2) is 8.55. The number of carbonyl (C=O) groups is 2. The van der Waals surface area contributed by atoms with E-state index < -0.39 is 6.04 Å². The Hall–Kier alpha value is -0.0400. The van der Waals surface area contributed by atoms with Gasteiger partial charge < -0.3 is 20.6 Å². The monoisotopic (exact) mass is 222 g/mol. The summed E-state index contributed by atoms with van der Waals surface area (Å²) in [5, 5.41) is 2.85. The number of hydrogen-bond donors (Lipinski definition) is 2. The summed E-state index contributed by atoms with van der Waals surface area (Å²) in [6, 6.07) is -0.522. The molecule has 13 heavy (non-hydrogen) atoms. The lowest BCUT2D eigenvalue weighted by Crippen LogP contribution is -2.29. The van der Waals surface area contributed by atoms with E-state index in [1.165, 1.54) is 21.6 Å². The van der Waals surface area contributed by atoms with Crippen molar-refractivity contribution in [1.82, 2.24) is 5.32 Å². The van der Waals surface area contributed by atoms with Crippen LogP contribution in [0.5, 0.6) is 0 Å². The molecule has 0 aromatic rings. The van der Waals surface area contributed by atoms with Crippen molar-refractivity contribution in [2.45, 2.75) is 12.1 Å². The molecule has 0 rings (SSSR count). The van der Waals surface area contributed by atoms with Gasteiger partial charge in [0, 0.05) is 11.5 Å². The zero-order valence-electron chi connectivity index (χ0n) is 7.43. The second-order valence-corrected chi connectivity index (χ2v) is 4.95. The van der Waals surface area contributed by atoms with Crippen molar-refractivity contribution in [2.75, 3.05) is 18.6 Å². The highest BCUT2D eigenvalue weighted by atomic mass is 33.1. The SMILES string of the molecule is CNC(C=O)CSSCC(N)C=O. The molecule has 76 valence electrons. The topological polar surface area (TPSA) is 72.2 Å². The van der Waals surface area contributed by atoms with Crippen molar-refractivity contribution in [1.29, 1.82) is 0 Å². The fourth-order valence-electron chi connectivity index (χ4n) is 0.478. The molecular weight excluding hydrogens is 208 g/mol. The van der Waals surface area contributed by atoms with Crippen molar-refractivity contribution in [2.24, 2.45) is 5.73 Å². The normalized spacial score (nSPS) is 14.9. The summed E-state index contributed by atoms with van der Waals surface area (Å²) in [4.78, 5) is 20.5. The van der Waals surface area contributed by atoms with Crippen LogP contribution in [0.4, 0.5) is 0 Å². The summed E-state index contributed by atoms with van der Waals surface area (Å²) < 4.78 is 0. The lowest BCUT2D eigenvalue weighted by atomic mass is 10.4. The summed E-state index contributed by atoms with van der Waals surface area (Å²) in [5.41, 5.74) is 5.37. The number of nitrogens with one attached hydrogen (secondary N) is 1. The average molecular weight is 222 g/mol. The smallest absolute Gasteiger partial charge is 0.137 e. The molecular formula is C7H14N2O2S2. The molecule has 0 aliphatic heterocycles. The van der Waals surface area contributed by atoms with Gasteiger partial charge in [-0.2, -0.15) is 0 Å². The molecule has 0 radical (unpaired) electrons. The molecule has 0 heterocycles.